The Kier molecular flexibility index (Phi) is 12.9. The van der Waals surface area contributed by atoms with Crippen LogP contribution in [0, 0.1) is 0 Å². The highest BCUT2D eigenvalue weighted by Gasteiger charge is 2.38. The number of hydrogen-bond donors (Lipinski definition) is 4. The van der Waals surface area contributed by atoms with E-state index < -0.39 is 41.8 Å². The average Bonchev–Trinajstić information content (AvgIpc) is 3.30. The SMILES string of the molecule is C=O.CSCC[C@H](NC(=O)c1cc(Cl)c(O)c(Cl)c1)C(=O)N1CCC[C@H]1C(=O)NC(C)CC(=O)O. The van der Waals surface area contributed by atoms with Gasteiger partial charge in [-0.15, -0.1) is 0 Å². The lowest BCUT2D eigenvalue weighted by Crippen LogP contribution is -2.54. The maximum absolute atomic E-state index is 13.3. The second-order valence-corrected chi connectivity index (χ2v) is 9.59. The molecule has 0 spiro atoms. The van der Waals surface area contributed by atoms with Crippen LogP contribution >= 0.6 is 35.0 Å². The van der Waals surface area contributed by atoms with Crippen molar-refractivity contribution in [1.29, 1.82) is 0 Å². The minimum atomic E-state index is -1.03. The summed E-state index contributed by atoms with van der Waals surface area (Å²) < 4.78 is 0. The van der Waals surface area contributed by atoms with Gasteiger partial charge in [0.2, 0.25) is 11.8 Å². The van der Waals surface area contributed by atoms with E-state index in [0.29, 0.717) is 31.6 Å². The third kappa shape index (κ3) is 8.90. The van der Waals surface area contributed by atoms with Crippen molar-refractivity contribution in [3.8, 4) is 5.75 Å². The lowest BCUT2D eigenvalue weighted by atomic mass is 10.1. The Balaban J connectivity index is 0.00000298. The van der Waals surface area contributed by atoms with Gasteiger partial charge in [-0.3, -0.25) is 19.2 Å². The molecule has 194 valence electrons. The number of rotatable bonds is 10. The minimum Gasteiger partial charge on any atom is -0.505 e. The van der Waals surface area contributed by atoms with Crippen LogP contribution in [0.15, 0.2) is 12.1 Å². The number of benzene rings is 1. The smallest absolute Gasteiger partial charge is 0.305 e. The van der Waals surface area contributed by atoms with Crippen LogP contribution in [0.4, 0.5) is 0 Å². The summed E-state index contributed by atoms with van der Waals surface area (Å²) in [4.78, 5) is 59.1. The summed E-state index contributed by atoms with van der Waals surface area (Å²) >= 11 is 13.3. The Labute approximate surface area is 217 Å². The minimum absolute atomic E-state index is 0.0861. The molecule has 1 aromatic rings. The fourth-order valence-electron chi connectivity index (χ4n) is 3.59. The molecule has 0 saturated carbocycles. The van der Waals surface area contributed by atoms with Crippen molar-refractivity contribution >= 4 is 65.4 Å². The molecular weight excluding hydrogens is 521 g/mol. The maximum Gasteiger partial charge on any atom is 0.305 e. The molecule has 1 fully saturated rings. The summed E-state index contributed by atoms with van der Waals surface area (Å²) in [6.45, 7) is 3.94. The maximum atomic E-state index is 13.3. The van der Waals surface area contributed by atoms with Crippen molar-refractivity contribution in [3.63, 3.8) is 0 Å². The highest BCUT2D eigenvalue weighted by Crippen LogP contribution is 2.32. The van der Waals surface area contributed by atoms with Crippen LogP contribution in [0.5, 0.6) is 5.75 Å². The standard InChI is InChI=1S/C21H27Cl2N3O6S.CH2O/c1-11(8-17(27)28)24-20(31)16-4-3-6-26(16)21(32)15(5-7-33-2)25-19(30)12-9-13(22)18(29)14(23)10-12;1-2/h9-11,15-16,29H,3-8H2,1-2H3,(H,24,31)(H,25,30)(H,27,28);1H2/t11?,15-,16-;/m0./s1. The predicted molar refractivity (Wildman–Crippen MR) is 134 cm³/mol. The third-order valence-corrected chi connectivity index (χ3v) is 6.42. The van der Waals surface area contributed by atoms with Crippen LogP contribution in [0.1, 0.15) is 43.0 Å². The first-order valence-corrected chi connectivity index (χ1v) is 12.8. The van der Waals surface area contributed by atoms with Crippen LogP contribution < -0.4 is 10.6 Å². The molecule has 13 heteroatoms. The van der Waals surface area contributed by atoms with Gasteiger partial charge in [0.1, 0.15) is 18.9 Å². The van der Waals surface area contributed by atoms with Gasteiger partial charge in [-0.25, -0.2) is 0 Å². The second kappa shape index (κ2) is 14.8. The van der Waals surface area contributed by atoms with Gasteiger partial charge >= 0.3 is 5.97 Å². The lowest BCUT2D eigenvalue weighted by molar-refractivity contribution is -0.141. The van der Waals surface area contributed by atoms with E-state index in [9.17, 15) is 24.3 Å². The molecule has 1 saturated heterocycles. The zero-order valence-corrected chi connectivity index (χ0v) is 21.7. The molecular formula is C22H29Cl2N3O7S. The Morgan fingerprint density at radius 2 is 1.80 bits per heavy atom. The molecule has 35 heavy (non-hydrogen) atoms. The molecule has 4 N–H and O–H groups in total. The molecule has 2 rings (SSSR count). The summed E-state index contributed by atoms with van der Waals surface area (Å²) in [5.74, 6) is -2.18. The number of likely N-dealkylation sites (tertiary alicyclic amines) is 1. The van der Waals surface area contributed by atoms with Crippen molar-refractivity contribution in [1.82, 2.24) is 15.5 Å². The summed E-state index contributed by atoms with van der Waals surface area (Å²) in [7, 11) is 0. The van der Waals surface area contributed by atoms with Gasteiger partial charge in [0.05, 0.1) is 16.5 Å². The number of phenolic OH excluding ortho intramolecular Hbond substituents is 1. The van der Waals surface area contributed by atoms with E-state index in [1.807, 2.05) is 13.0 Å². The Morgan fingerprint density at radius 1 is 1.20 bits per heavy atom. The highest BCUT2D eigenvalue weighted by molar-refractivity contribution is 7.98. The first-order valence-electron chi connectivity index (χ1n) is 10.6. The Hall–Kier alpha value is -2.50. The van der Waals surface area contributed by atoms with E-state index in [1.54, 1.807) is 6.92 Å². The first-order chi connectivity index (χ1) is 16.5. The number of aromatic hydroxyl groups is 1. The zero-order chi connectivity index (χ0) is 26.7. The number of nitrogens with one attached hydrogen (secondary N) is 2. The number of carboxylic acid groups (broad SMARTS) is 1. The predicted octanol–water partition coefficient (Wildman–Crippen LogP) is 2.34. The molecule has 3 amide bonds. The molecule has 1 heterocycles. The van der Waals surface area contributed by atoms with Crippen molar-refractivity contribution < 1.29 is 34.2 Å². The molecule has 1 aliphatic rings. The van der Waals surface area contributed by atoms with E-state index in [1.165, 1.54) is 28.8 Å². The van der Waals surface area contributed by atoms with E-state index in [-0.39, 0.29) is 27.8 Å². The van der Waals surface area contributed by atoms with Gasteiger partial charge in [-0.05, 0) is 50.3 Å². The molecule has 0 aromatic heterocycles. The molecule has 0 aliphatic carbocycles. The lowest BCUT2D eigenvalue weighted by Gasteiger charge is -2.29. The van der Waals surface area contributed by atoms with Gasteiger partial charge in [0.15, 0.2) is 5.75 Å². The number of carboxylic acids is 1. The summed E-state index contributed by atoms with van der Waals surface area (Å²) in [5.41, 5.74) is 0.0861. The highest BCUT2D eigenvalue weighted by atomic mass is 35.5. The molecule has 0 radical (unpaired) electrons. The van der Waals surface area contributed by atoms with Crippen molar-refractivity contribution in [2.75, 3.05) is 18.6 Å². The molecule has 3 atom stereocenters. The molecule has 0 bridgehead atoms. The van der Waals surface area contributed by atoms with E-state index in [2.05, 4.69) is 10.6 Å². The summed E-state index contributed by atoms with van der Waals surface area (Å²) in [6, 6.07) is 0.304. The fourth-order valence-corrected chi connectivity index (χ4v) is 4.54. The number of amides is 3. The van der Waals surface area contributed by atoms with Crippen molar-refractivity contribution in [2.45, 2.75) is 50.7 Å². The van der Waals surface area contributed by atoms with E-state index >= 15 is 0 Å². The number of hydrogen-bond acceptors (Lipinski definition) is 7. The van der Waals surface area contributed by atoms with Crippen molar-refractivity contribution in [2.24, 2.45) is 0 Å². The topological polar surface area (TPSA) is 153 Å². The van der Waals surface area contributed by atoms with Crippen LogP contribution in [-0.4, -0.2) is 82.3 Å². The fraction of sp³-hybridized carbons (Fsp3) is 0.500. The summed E-state index contributed by atoms with van der Waals surface area (Å²) in [5, 5.41) is 23.8. The third-order valence-electron chi connectivity index (χ3n) is 5.20. The van der Waals surface area contributed by atoms with Gasteiger partial charge in [0.25, 0.3) is 5.91 Å². The Morgan fingerprint density at radius 3 is 2.34 bits per heavy atom. The molecule has 1 aliphatic heterocycles. The number of aliphatic carboxylic acids is 1. The van der Waals surface area contributed by atoms with Gasteiger partial charge < -0.3 is 30.5 Å². The van der Waals surface area contributed by atoms with Gasteiger partial charge in [0, 0.05) is 18.2 Å². The summed E-state index contributed by atoms with van der Waals surface area (Å²) in [6.07, 6.45) is 3.05. The monoisotopic (exact) mass is 549 g/mol. The number of carbonyl (C=O) groups is 5. The van der Waals surface area contributed by atoms with Gasteiger partial charge in [-0.2, -0.15) is 11.8 Å². The number of halogens is 2. The number of nitrogens with zero attached hydrogens (tertiary/aromatic N) is 1. The second-order valence-electron chi connectivity index (χ2n) is 7.79. The van der Waals surface area contributed by atoms with Crippen LogP contribution in [-0.2, 0) is 19.2 Å². The first kappa shape index (κ1) is 30.5. The van der Waals surface area contributed by atoms with Crippen LogP contribution in [0.2, 0.25) is 10.0 Å². The molecule has 10 nitrogen and oxygen atoms in total. The number of phenols is 1. The average molecular weight is 550 g/mol. The number of thioether (sulfide) groups is 1. The zero-order valence-electron chi connectivity index (χ0n) is 19.4. The largest absolute Gasteiger partial charge is 0.505 e. The van der Waals surface area contributed by atoms with Crippen LogP contribution in [0.3, 0.4) is 0 Å². The molecule has 1 unspecified atom stereocenters. The van der Waals surface area contributed by atoms with E-state index in [4.69, 9.17) is 33.1 Å². The molecule has 1 aromatic carbocycles. The van der Waals surface area contributed by atoms with Gasteiger partial charge in [-0.1, -0.05) is 23.2 Å². The van der Waals surface area contributed by atoms with Crippen LogP contribution in [0.25, 0.3) is 0 Å². The van der Waals surface area contributed by atoms with Crippen molar-refractivity contribution in [3.05, 3.63) is 27.7 Å². The van der Waals surface area contributed by atoms with E-state index in [0.717, 1.165) is 0 Å². The number of carbonyl (C=O) groups excluding carboxylic acids is 4. The normalized spacial score (nSPS) is 16.5. The Bertz CT molecular complexity index is 911. The quantitative estimate of drug-likeness (QED) is 0.346.